The lowest BCUT2D eigenvalue weighted by atomic mass is 10.2. The molecule has 1 aliphatic heterocycles. The highest BCUT2D eigenvalue weighted by Gasteiger charge is 2.32. The Balaban J connectivity index is 1.80. The van der Waals surface area contributed by atoms with Gasteiger partial charge in [0.1, 0.15) is 28.6 Å². The van der Waals surface area contributed by atoms with E-state index >= 15 is 0 Å². The fourth-order valence-corrected chi connectivity index (χ4v) is 3.41. The van der Waals surface area contributed by atoms with Crippen LogP contribution < -0.4 is 5.56 Å². The molecule has 140 valence electrons. The van der Waals surface area contributed by atoms with Gasteiger partial charge in [-0.1, -0.05) is 28.1 Å². The molecule has 4 rings (SSSR count). The van der Waals surface area contributed by atoms with Crippen LogP contribution in [0.15, 0.2) is 44.0 Å². The van der Waals surface area contributed by atoms with Crippen molar-refractivity contribution in [1.29, 1.82) is 0 Å². The van der Waals surface area contributed by atoms with E-state index in [0.717, 1.165) is 9.86 Å². The maximum absolute atomic E-state index is 12.6. The van der Waals surface area contributed by atoms with E-state index in [9.17, 15) is 9.59 Å². The van der Waals surface area contributed by atoms with Gasteiger partial charge in [0.2, 0.25) is 5.58 Å². The summed E-state index contributed by atoms with van der Waals surface area (Å²) >= 11 is 3.43. The van der Waals surface area contributed by atoms with Gasteiger partial charge in [0.05, 0.1) is 0 Å². The third-order valence-corrected chi connectivity index (χ3v) is 4.66. The molecule has 0 saturated carbocycles. The number of aromatic nitrogens is 2. The molecule has 0 aliphatic carbocycles. The van der Waals surface area contributed by atoms with Crippen LogP contribution in [0.4, 0.5) is 4.79 Å². The second-order valence-electron chi connectivity index (χ2n) is 7.38. The Kier molecular flexibility index (Phi) is 4.10. The van der Waals surface area contributed by atoms with Crippen LogP contribution in [0.3, 0.4) is 0 Å². The number of nitrogens with zero attached hydrogens (tertiary/aromatic N) is 2. The van der Waals surface area contributed by atoms with Gasteiger partial charge in [-0.3, -0.25) is 9.69 Å². The zero-order chi connectivity index (χ0) is 19.3. The third kappa shape index (κ3) is 3.25. The lowest BCUT2D eigenvalue weighted by Gasteiger charge is -2.28. The monoisotopic (exact) mass is 431 g/mol. The molecule has 1 N–H and O–H groups in total. The van der Waals surface area contributed by atoms with Gasteiger partial charge in [-0.2, -0.15) is 0 Å². The lowest BCUT2D eigenvalue weighted by Crippen LogP contribution is -2.37. The van der Waals surface area contributed by atoms with Crippen LogP contribution in [0.2, 0.25) is 0 Å². The molecule has 0 spiro atoms. The van der Waals surface area contributed by atoms with E-state index < -0.39 is 17.7 Å². The molecule has 8 heteroatoms. The molecular weight excluding hydrogens is 414 g/mol. The van der Waals surface area contributed by atoms with Crippen molar-refractivity contribution in [3.63, 3.8) is 0 Å². The summed E-state index contributed by atoms with van der Waals surface area (Å²) in [6.45, 7) is 5.82. The van der Waals surface area contributed by atoms with E-state index in [0.29, 0.717) is 23.5 Å². The Morgan fingerprint density at radius 1 is 1.41 bits per heavy atom. The number of aromatic amines is 1. The zero-order valence-electron chi connectivity index (χ0n) is 15.1. The largest absolute Gasteiger partial charge is 0.449 e. The Morgan fingerprint density at radius 2 is 2.19 bits per heavy atom. The van der Waals surface area contributed by atoms with E-state index in [-0.39, 0.29) is 11.1 Å². The van der Waals surface area contributed by atoms with Gasteiger partial charge in [0, 0.05) is 16.4 Å². The Morgan fingerprint density at radius 3 is 2.93 bits per heavy atom. The Labute approximate surface area is 163 Å². The molecule has 3 aromatic rings. The fourth-order valence-electron chi connectivity index (χ4n) is 3.05. The van der Waals surface area contributed by atoms with Crippen LogP contribution >= 0.6 is 15.9 Å². The van der Waals surface area contributed by atoms with E-state index in [4.69, 9.17) is 9.15 Å². The number of benzene rings is 1. The van der Waals surface area contributed by atoms with Crippen molar-refractivity contribution in [1.82, 2.24) is 14.9 Å². The fraction of sp³-hybridized carbons (Fsp3) is 0.316. The van der Waals surface area contributed by atoms with Crippen molar-refractivity contribution in [2.24, 2.45) is 0 Å². The van der Waals surface area contributed by atoms with Crippen LogP contribution in [-0.2, 0) is 4.74 Å². The number of halogens is 1. The van der Waals surface area contributed by atoms with Gasteiger partial charge in [0.15, 0.2) is 0 Å². The standard InChI is InChI=1S/C19H18BrN3O4/c1-19(2,3)27-18(25)23-8-4-5-12(23)16-21-14-11-9-10(20)6-7-13(11)26-15(14)17(24)22-16/h4-7,9,12H,8H2,1-3H3,(H,21,22,24)/t12-/m0/s1. The highest BCUT2D eigenvalue weighted by atomic mass is 79.9. The summed E-state index contributed by atoms with van der Waals surface area (Å²) in [5.41, 5.74) is 0.218. The number of hydrogen-bond donors (Lipinski definition) is 1. The number of carbonyl (C=O) groups is 1. The molecule has 7 nitrogen and oxygen atoms in total. The summed E-state index contributed by atoms with van der Waals surface area (Å²) in [6.07, 6.45) is 3.22. The highest BCUT2D eigenvalue weighted by Crippen LogP contribution is 2.31. The lowest BCUT2D eigenvalue weighted by molar-refractivity contribution is 0.0235. The number of hydrogen-bond acceptors (Lipinski definition) is 5. The Bertz CT molecular complexity index is 1140. The van der Waals surface area contributed by atoms with Crippen LogP contribution in [-0.4, -0.2) is 33.1 Å². The SMILES string of the molecule is CC(C)(C)OC(=O)N1CC=C[C@H]1c1nc2c(oc3ccc(Br)cc32)c(=O)[nH]1. The minimum atomic E-state index is -0.609. The Hall–Kier alpha value is -2.61. The van der Waals surface area contributed by atoms with Gasteiger partial charge in [0.25, 0.3) is 5.56 Å². The number of ether oxygens (including phenoxy) is 1. The zero-order valence-corrected chi connectivity index (χ0v) is 16.7. The third-order valence-electron chi connectivity index (χ3n) is 4.17. The van der Waals surface area contributed by atoms with Gasteiger partial charge in [-0.05, 0) is 39.0 Å². The topological polar surface area (TPSA) is 88.4 Å². The second kappa shape index (κ2) is 6.23. The first-order chi connectivity index (χ1) is 12.7. The molecule has 0 bridgehead atoms. The van der Waals surface area contributed by atoms with Gasteiger partial charge in [-0.25, -0.2) is 9.78 Å². The predicted molar refractivity (Wildman–Crippen MR) is 105 cm³/mol. The van der Waals surface area contributed by atoms with Crippen molar-refractivity contribution in [2.75, 3.05) is 6.54 Å². The molecule has 0 fully saturated rings. The molecule has 2 aromatic heterocycles. The summed E-state index contributed by atoms with van der Waals surface area (Å²) in [7, 11) is 0. The number of H-pyrrole nitrogens is 1. The van der Waals surface area contributed by atoms with Crippen molar-refractivity contribution in [3.05, 3.63) is 51.0 Å². The van der Waals surface area contributed by atoms with Crippen molar-refractivity contribution in [3.8, 4) is 0 Å². The minimum Gasteiger partial charge on any atom is -0.449 e. The second-order valence-corrected chi connectivity index (χ2v) is 8.29. The first kappa shape index (κ1) is 17.8. The number of nitrogens with one attached hydrogen (secondary N) is 1. The molecule has 0 radical (unpaired) electrons. The van der Waals surface area contributed by atoms with Crippen molar-refractivity contribution in [2.45, 2.75) is 32.4 Å². The van der Waals surface area contributed by atoms with Crippen LogP contribution in [0.25, 0.3) is 22.1 Å². The van der Waals surface area contributed by atoms with E-state index in [1.165, 1.54) is 4.90 Å². The molecule has 1 aliphatic rings. The van der Waals surface area contributed by atoms with Crippen LogP contribution in [0.5, 0.6) is 0 Å². The average Bonchev–Trinajstić information content (AvgIpc) is 3.18. The van der Waals surface area contributed by atoms with Gasteiger partial charge >= 0.3 is 6.09 Å². The predicted octanol–water partition coefficient (Wildman–Crippen LogP) is 4.28. The summed E-state index contributed by atoms with van der Waals surface area (Å²) in [5.74, 6) is 0.370. The molecule has 27 heavy (non-hydrogen) atoms. The minimum absolute atomic E-state index is 0.164. The average molecular weight is 432 g/mol. The van der Waals surface area contributed by atoms with Gasteiger partial charge < -0.3 is 14.1 Å². The summed E-state index contributed by atoms with van der Waals surface area (Å²) in [6, 6.07) is 4.97. The number of fused-ring (bicyclic) bond motifs is 3. The van der Waals surface area contributed by atoms with E-state index in [2.05, 4.69) is 25.9 Å². The number of carbonyl (C=O) groups excluding carboxylic acids is 1. The molecule has 0 unspecified atom stereocenters. The van der Waals surface area contributed by atoms with Crippen LogP contribution in [0, 0.1) is 0 Å². The van der Waals surface area contributed by atoms with E-state index in [1.54, 1.807) is 6.07 Å². The maximum Gasteiger partial charge on any atom is 0.411 e. The van der Waals surface area contributed by atoms with Crippen molar-refractivity contribution >= 4 is 44.1 Å². The first-order valence-electron chi connectivity index (χ1n) is 8.51. The maximum atomic E-state index is 12.6. The summed E-state index contributed by atoms with van der Waals surface area (Å²) < 4.78 is 12.0. The molecule has 1 aromatic carbocycles. The summed E-state index contributed by atoms with van der Waals surface area (Å²) in [4.78, 5) is 33.9. The number of amides is 1. The highest BCUT2D eigenvalue weighted by molar-refractivity contribution is 9.10. The number of furan rings is 1. The smallest absolute Gasteiger partial charge is 0.411 e. The van der Waals surface area contributed by atoms with E-state index in [1.807, 2.05) is 45.1 Å². The molecule has 1 atom stereocenters. The molecule has 3 heterocycles. The quantitative estimate of drug-likeness (QED) is 0.580. The summed E-state index contributed by atoms with van der Waals surface area (Å²) in [5, 5.41) is 0.734. The van der Waals surface area contributed by atoms with Crippen molar-refractivity contribution < 1.29 is 13.9 Å². The van der Waals surface area contributed by atoms with Crippen LogP contribution in [0.1, 0.15) is 32.6 Å². The molecular formula is C19H18BrN3O4. The normalized spacial score (nSPS) is 17.2. The van der Waals surface area contributed by atoms with Gasteiger partial charge in [-0.15, -0.1) is 0 Å². The molecule has 1 amide bonds. The number of rotatable bonds is 1. The molecule has 0 saturated heterocycles. The first-order valence-corrected chi connectivity index (χ1v) is 9.30.